The maximum atomic E-state index is 13.1. The molecule has 0 aliphatic carbocycles. The topological polar surface area (TPSA) is 42.4 Å². The molecular weight excluding hydrogens is 357 g/mol. The molecule has 0 radical (unpaired) electrons. The molecule has 0 spiro atoms. The molecule has 1 fully saturated rings. The highest BCUT2D eigenvalue weighted by molar-refractivity contribution is 5.96. The first kappa shape index (κ1) is 17.3. The van der Waals surface area contributed by atoms with Crippen LogP contribution in [-0.2, 0) is 6.18 Å². The smallest absolute Gasteiger partial charge is 0.417 e. The lowest BCUT2D eigenvalue weighted by molar-refractivity contribution is -0.138. The molecule has 1 saturated heterocycles. The van der Waals surface area contributed by atoms with Gasteiger partial charge in [-0.05, 0) is 24.3 Å². The van der Waals surface area contributed by atoms with Gasteiger partial charge in [0.2, 0.25) is 5.88 Å². The fraction of sp³-hybridized carbons (Fsp3) is 0.200. The van der Waals surface area contributed by atoms with E-state index in [2.05, 4.69) is 4.98 Å². The lowest BCUT2D eigenvalue weighted by Gasteiger charge is -2.39. The van der Waals surface area contributed by atoms with Gasteiger partial charge in [-0.3, -0.25) is 4.79 Å². The summed E-state index contributed by atoms with van der Waals surface area (Å²) in [5.74, 6) is -0.212. The molecule has 2 aromatic carbocycles. The van der Waals surface area contributed by atoms with Crippen molar-refractivity contribution in [3.63, 3.8) is 0 Å². The van der Waals surface area contributed by atoms with Gasteiger partial charge in [-0.15, -0.1) is 0 Å². The Morgan fingerprint density at radius 1 is 1.00 bits per heavy atom. The number of hydrogen-bond donors (Lipinski definition) is 0. The van der Waals surface area contributed by atoms with Gasteiger partial charge in [-0.1, -0.05) is 30.3 Å². The van der Waals surface area contributed by atoms with E-state index in [-0.39, 0.29) is 24.8 Å². The second kappa shape index (κ2) is 6.57. The lowest BCUT2D eigenvalue weighted by Crippen LogP contribution is -2.56. The number of alkyl halides is 3. The van der Waals surface area contributed by atoms with Gasteiger partial charge in [0.05, 0.1) is 29.7 Å². The third kappa shape index (κ3) is 3.45. The number of rotatable bonds is 3. The summed E-state index contributed by atoms with van der Waals surface area (Å²) in [6.07, 6.45) is -4.86. The quantitative estimate of drug-likeness (QED) is 0.693. The zero-order chi connectivity index (χ0) is 19.0. The van der Waals surface area contributed by atoms with E-state index in [1.807, 2.05) is 30.3 Å². The second-order valence-electron chi connectivity index (χ2n) is 6.34. The average molecular weight is 372 g/mol. The van der Waals surface area contributed by atoms with Crippen molar-refractivity contribution in [1.29, 1.82) is 0 Å². The SMILES string of the molecule is O=C(c1ccccc1C(F)(F)F)N1CC(Oc2ccc3ccccc3n2)C1. The first-order valence-electron chi connectivity index (χ1n) is 8.40. The first-order chi connectivity index (χ1) is 12.9. The summed E-state index contributed by atoms with van der Waals surface area (Å²) in [4.78, 5) is 18.2. The van der Waals surface area contributed by atoms with Gasteiger partial charge in [0.15, 0.2) is 0 Å². The van der Waals surface area contributed by atoms with Gasteiger partial charge in [0, 0.05) is 11.5 Å². The molecule has 1 aliphatic rings. The maximum Gasteiger partial charge on any atom is 0.417 e. The number of pyridine rings is 1. The third-order valence-electron chi connectivity index (χ3n) is 4.46. The molecule has 4 rings (SSSR count). The van der Waals surface area contributed by atoms with Crippen LogP contribution in [0.5, 0.6) is 5.88 Å². The number of likely N-dealkylation sites (tertiary alicyclic amines) is 1. The molecule has 27 heavy (non-hydrogen) atoms. The molecule has 0 bridgehead atoms. The largest absolute Gasteiger partial charge is 0.471 e. The number of carbonyl (C=O) groups excluding carboxylic acids is 1. The molecule has 1 aliphatic heterocycles. The Hall–Kier alpha value is -3.09. The molecule has 1 amide bonds. The normalized spacial score (nSPS) is 14.9. The number of para-hydroxylation sites is 1. The molecule has 0 unspecified atom stereocenters. The Bertz CT molecular complexity index is 998. The minimum Gasteiger partial charge on any atom is -0.471 e. The number of fused-ring (bicyclic) bond motifs is 1. The van der Waals surface area contributed by atoms with E-state index in [4.69, 9.17) is 4.74 Å². The van der Waals surface area contributed by atoms with E-state index in [1.165, 1.54) is 23.1 Å². The van der Waals surface area contributed by atoms with Crippen molar-refractivity contribution in [1.82, 2.24) is 9.88 Å². The summed E-state index contributed by atoms with van der Waals surface area (Å²) >= 11 is 0. The number of halogens is 3. The van der Waals surface area contributed by atoms with Crippen LogP contribution in [0.25, 0.3) is 10.9 Å². The van der Waals surface area contributed by atoms with Crippen molar-refractivity contribution in [2.75, 3.05) is 13.1 Å². The molecular formula is C20H15F3N2O2. The predicted molar refractivity (Wildman–Crippen MR) is 93.5 cm³/mol. The summed E-state index contributed by atoms with van der Waals surface area (Å²) in [7, 11) is 0. The van der Waals surface area contributed by atoms with Gasteiger partial charge in [-0.25, -0.2) is 4.98 Å². The first-order valence-corrected chi connectivity index (χ1v) is 8.40. The zero-order valence-corrected chi connectivity index (χ0v) is 14.1. The Morgan fingerprint density at radius 3 is 2.48 bits per heavy atom. The monoisotopic (exact) mass is 372 g/mol. The number of amides is 1. The molecule has 1 aromatic heterocycles. The highest BCUT2D eigenvalue weighted by Gasteiger charge is 2.39. The van der Waals surface area contributed by atoms with Crippen molar-refractivity contribution in [2.45, 2.75) is 12.3 Å². The number of hydrogen-bond acceptors (Lipinski definition) is 3. The van der Waals surface area contributed by atoms with Crippen molar-refractivity contribution >= 4 is 16.8 Å². The van der Waals surface area contributed by atoms with E-state index in [1.54, 1.807) is 6.07 Å². The van der Waals surface area contributed by atoms with E-state index < -0.39 is 17.6 Å². The molecule has 2 heterocycles. The minimum absolute atomic E-state index is 0.222. The van der Waals surface area contributed by atoms with E-state index in [9.17, 15) is 18.0 Å². The van der Waals surface area contributed by atoms with E-state index in [0.29, 0.717) is 5.88 Å². The third-order valence-corrected chi connectivity index (χ3v) is 4.46. The van der Waals surface area contributed by atoms with Crippen LogP contribution in [0.3, 0.4) is 0 Å². The number of benzene rings is 2. The number of carbonyl (C=O) groups is 1. The lowest BCUT2D eigenvalue weighted by atomic mass is 10.0. The Balaban J connectivity index is 1.43. The van der Waals surface area contributed by atoms with Crippen molar-refractivity contribution in [2.24, 2.45) is 0 Å². The van der Waals surface area contributed by atoms with Crippen molar-refractivity contribution in [3.05, 3.63) is 71.8 Å². The summed E-state index contributed by atoms with van der Waals surface area (Å²) in [6, 6.07) is 16.0. The highest BCUT2D eigenvalue weighted by atomic mass is 19.4. The van der Waals surface area contributed by atoms with Gasteiger partial charge in [0.1, 0.15) is 6.10 Å². The summed E-state index contributed by atoms with van der Waals surface area (Å²) < 4.78 is 45.0. The van der Waals surface area contributed by atoms with Crippen LogP contribution in [0, 0.1) is 0 Å². The number of ether oxygens (including phenoxy) is 1. The molecule has 3 aromatic rings. The van der Waals surface area contributed by atoms with Crippen LogP contribution in [-0.4, -0.2) is 35.0 Å². The Morgan fingerprint density at radius 2 is 1.70 bits per heavy atom. The van der Waals surface area contributed by atoms with Crippen LogP contribution < -0.4 is 4.74 Å². The van der Waals surface area contributed by atoms with Gasteiger partial charge < -0.3 is 9.64 Å². The molecule has 0 N–H and O–H groups in total. The average Bonchev–Trinajstić information content (AvgIpc) is 2.63. The molecule has 7 heteroatoms. The van der Waals surface area contributed by atoms with Gasteiger partial charge in [-0.2, -0.15) is 13.2 Å². The van der Waals surface area contributed by atoms with Crippen LogP contribution in [0.2, 0.25) is 0 Å². The summed E-state index contributed by atoms with van der Waals surface area (Å²) in [6.45, 7) is 0.444. The molecule has 4 nitrogen and oxygen atoms in total. The maximum absolute atomic E-state index is 13.1. The summed E-state index contributed by atoms with van der Waals surface area (Å²) in [5, 5.41) is 0.985. The fourth-order valence-electron chi connectivity index (χ4n) is 3.05. The van der Waals surface area contributed by atoms with Gasteiger partial charge >= 0.3 is 6.18 Å². The number of nitrogens with zero attached hydrogens (tertiary/aromatic N) is 2. The standard InChI is InChI=1S/C20H15F3N2O2/c21-20(22,23)16-7-3-2-6-15(16)19(26)25-11-14(12-25)27-18-10-9-13-5-1-4-8-17(13)24-18/h1-10,14H,11-12H2. The molecule has 0 atom stereocenters. The second-order valence-corrected chi connectivity index (χ2v) is 6.34. The van der Waals surface area contributed by atoms with Crippen molar-refractivity contribution < 1.29 is 22.7 Å². The van der Waals surface area contributed by atoms with Gasteiger partial charge in [0.25, 0.3) is 5.91 Å². The zero-order valence-electron chi connectivity index (χ0n) is 14.1. The summed E-state index contributed by atoms with van der Waals surface area (Å²) in [5.41, 5.74) is -0.468. The van der Waals surface area contributed by atoms with E-state index in [0.717, 1.165) is 17.0 Å². The Kier molecular flexibility index (Phi) is 4.22. The number of aromatic nitrogens is 1. The predicted octanol–water partition coefficient (Wildman–Crippen LogP) is 4.16. The van der Waals surface area contributed by atoms with Crippen LogP contribution in [0.15, 0.2) is 60.7 Å². The molecule has 0 saturated carbocycles. The molecule has 138 valence electrons. The van der Waals surface area contributed by atoms with Crippen LogP contribution in [0.4, 0.5) is 13.2 Å². The van der Waals surface area contributed by atoms with Crippen LogP contribution in [0.1, 0.15) is 15.9 Å². The van der Waals surface area contributed by atoms with Crippen molar-refractivity contribution in [3.8, 4) is 5.88 Å². The minimum atomic E-state index is -4.57. The Labute approximate surface area is 153 Å². The van der Waals surface area contributed by atoms with Crippen LogP contribution >= 0.6 is 0 Å². The van der Waals surface area contributed by atoms with E-state index >= 15 is 0 Å². The highest BCUT2D eigenvalue weighted by Crippen LogP contribution is 2.33. The fourth-order valence-corrected chi connectivity index (χ4v) is 3.05.